The minimum Gasteiger partial charge on any atom is -0.349 e. The Morgan fingerprint density at radius 2 is 1.81 bits per heavy atom. The molecule has 32 heavy (non-hydrogen) atoms. The topological polar surface area (TPSA) is 89.3 Å². The Labute approximate surface area is 192 Å². The summed E-state index contributed by atoms with van der Waals surface area (Å²) in [5.74, 6) is -0.0741. The maximum absolute atomic E-state index is 13.3. The number of nitrogens with one attached hydrogen (secondary N) is 1. The van der Waals surface area contributed by atoms with Crippen LogP contribution in [0.15, 0.2) is 47.4 Å². The lowest BCUT2D eigenvalue weighted by atomic mass is 9.69. The van der Waals surface area contributed by atoms with E-state index in [0.717, 1.165) is 12.8 Å². The zero-order valence-corrected chi connectivity index (χ0v) is 19.6. The third kappa shape index (κ3) is 3.43. The normalized spacial score (nSPS) is 25.5. The number of amides is 1. The van der Waals surface area contributed by atoms with Crippen molar-refractivity contribution in [2.24, 2.45) is 16.7 Å². The minimum atomic E-state index is -0.487. The van der Waals surface area contributed by atoms with Gasteiger partial charge in [-0.3, -0.25) is 19.7 Å². The van der Waals surface area contributed by atoms with Crippen molar-refractivity contribution in [1.82, 2.24) is 5.32 Å². The highest BCUT2D eigenvalue weighted by Crippen LogP contribution is 2.65. The summed E-state index contributed by atoms with van der Waals surface area (Å²) in [6.45, 7) is 6.84. The van der Waals surface area contributed by atoms with Gasteiger partial charge < -0.3 is 5.32 Å². The lowest BCUT2D eigenvalue weighted by molar-refractivity contribution is -0.387. The standard InChI is InChI=1S/C25H28N2O4S/c1-24(2)16-11-12-25(24,3)21(14-16)26-23(29)18-8-6-5-7-17(18)22(28)15-9-10-20(32-4)19(13-15)27(30)31/h5-10,13,16,21H,11-12,14H2,1-4H3,(H,26,29)/t16-,21+,25-/m0/s1. The van der Waals surface area contributed by atoms with Gasteiger partial charge in [-0.25, -0.2) is 0 Å². The Morgan fingerprint density at radius 3 is 2.38 bits per heavy atom. The highest BCUT2D eigenvalue weighted by Gasteiger charge is 2.61. The number of hydrogen-bond donors (Lipinski definition) is 1. The summed E-state index contributed by atoms with van der Waals surface area (Å²) in [5, 5.41) is 14.6. The highest BCUT2D eigenvalue weighted by atomic mass is 32.2. The van der Waals surface area contributed by atoms with Crippen molar-refractivity contribution in [1.29, 1.82) is 0 Å². The van der Waals surface area contributed by atoms with E-state index in [9.17, 15) is 19.7 Å². The molecule has 0 aromatic heterocycles. The Hall–Kier alpha value is -2.67. The fourth-order valence-corrected chi connectivity index (χ4v) is 6.21. The van der Waals surface area contributed by atoms with Gasteiger partial charge in [-0.15, -0.1) is 11.8 Å². The van der Waals surface area contributed by atoms with Gasteiger partial charge >= 0.3 is 0 Å². The van der Waals surface area contributed by atoms with Crippen LogP contribution in [0.3, 0.4) is 0 Å². The van der Waals surface area contributed by atoms with Crippen LogP contribution in [-0.2, 0) is 0 Å². The van der Waals surface area contributed by atoms with Crippen molar-refractivity contribution in [3.8, 4) is 0 Å². The number of thioether (sulfide) groups is 1. The average molecular weight is 453 g/mol. The van der Waals surface area contributed by atoms with Crippen LogP contribution in [0.5, 0.6) is 0 Å². The summed E-state index contributed by atoms with van der Waals surface area (Å²) >= 11 is 1.25. The third-order valence-electron chi connectivity index (χ3n) is 8.15. The minimum absolute atomic E-state index is 0.0283. The number of nitro groups is 1. The molecule has 0 aliphatic heterocycles. The zero-order valence-electron chi connectivity index (χ0n) is 18.8. The molecule has 1 N–H and O–H groups in total. The van der Waals surface area contributed by atoms with Crippen LogP contribution in [0.2, 0.25) is 0 Å². The molecule has 6 nitrogen and oxygen atoms in total. The second kappa shape index (κ2) is 8.03. The summed E-state index contributed by atoms with van der Waals surface area (Å²) in [7, 11) is 0. The SMILES string of the molecule is CSc1ccc(C(=O)c2ccccc2C(=O)N[C@@H]2C[C@@H]3CC[C@]2(C)C3(C)C)cc1[N+](=O)[O-]. The number of nitro benzene ring substituents is 1. The van der Waals surface area contributed by atoms with Crippen molar-refractivity contribution in [2.45, 2.75) is 51.0 Å². The molecule has 0 saturated heterocycles. The monoisotopic (exact) mass is 452 g/mol. The first-order valence-electron chi connectivity index (χ1n) is 10.9. The number of rotatable bonds is 6. The molecule has 2 aliphatic carbocycles. The van der Waals surface area contributed by atoms with Crippen LogP contribution in [0.25, 0.3) is 0 Å². The molecule has 4 rings (SSSR count). The van der Waals surface area contributed by atoms with Crippen LogP contribution in [0, 0.1) is 26.9 Å². The second-order valence-corrected chi connectivity index (χ2v) is 10.5. The summed E-state index contributed by atoms with van der Waals surface area (Å²) in [4.78, 5) is 38.0. The van der Waals surface area contributed by atoms with Crippen LogP contribution in [0.1, 0.15) is 66.3 Å². The number of fused-ring (bicyclic) bond motifs is 2. The first-order chi connectivity index (χ1) is 15.1. The lowest BCUT2D eigenvalue weighted by Crippen LogP contribution is -2.47. The van der Waals surface area contributed by atoms with Gasteiger partial charge in [0.25, 0.3) is 11.6 Å². The lowest BCUT2D eigenvalue weighted by Gasteiger charge is -2.39. The molecule has 2 aromatic rings. The van der Waals surface area contributed by atoms with E-state index in [2.05, 4.69) is 26.1 Å². The van der Waals surface area contributed by atoms with Crippen LogP contribution in [0.4, 0.5) is 5.69 Å². The van der Waals surface area contributed by atoms with E-state index in [-0.39, 0.29) is 39.6 Å². The molecule has 2 bridgehead atoms. The molecule has 0 radical (unpaired) electrons. The average Bonchev–Trinajstić information content (AvgIpc) is 3.11. The van der Waals surface area contributed by atoms with E-state index in [1.165, 1.54) is 24.2 Å². The van der Waals surface area contributed by atoms with Gasteiger partial charge in [0.1, 0.15) is 0 Å². The summed E-state index contributed by atoms with van der Waals surface area (Å²) in [6.07, 6.45) is 4.98. The third-order valence-corrected chi connectivity index (χ3v) is 8.94. The van der Waals surface area contributed by atoms with Gasteiger partial charge in [-0.05, 0) is 60.5 Å². The van der Waals surface area contributed by atoms with Gasteiger partial charge in [0.2, 0.25) is 0 Å². The fraction of sp³-hybridized carbons (Fsp3) is 0.440. The van der Waals surface area contributed by atoms with E-state index in [0.29, 0.717) is 16.4 Å². The van der Waals surface area contributed by atoms with Crippen molar-refractivity contribution in [3.63, 3.8) is 0 Å². The number of benzene rings is 2. The Morgan fingerprint density at radius 1 is 1.12 bits per heavy atom. The molecule has 2 aliphatic rings. The van der Waals surface area contributed by atoms with E-state index in [4.69, 9.17) is 0 Å². The molecule has 0 spiro atoms. The molecule has 1 amide bonds. The fourth-order valence-electron chi connectivity index (χ4n) is 5.67. The van der Waals surface area contributed by atoms with E-state index < -0.39 is 10.7 Å². The maximum atomic E-state index is 13.3. The van der Waals surface area contributed by atoms with Crippen molar-refractivity contribution in [2.75, 3.05) is 6.26 Å². The highest BCUT2D eigenvalue weighted by molar-refractivity contribution is 7.98. The quantitative estimate of drug-likeness (QED) is 0.271. The van der Waals surface area contributed by atoms with E-state index in [1.54, 1.807) is 42.7 Å². The predicted molar refractivity (Wildman–Crippen MR) is 125 cm³/mol. The van der Waals surface area contributed by atoms with Crippen molar-refractivity contribution in [3.05, 3.63) is 69.3 Å². The first kappa shape index (κ1) is 22.5. The van der Waals surface area contributed by atoms with Crippen LogP contribution >= 0.6 is 11.8 Å². The molecule has 168 valence electrons. The van der Waals surface area contributed by atoms with Gasteiger partial charge in [0.15, 0.2) is 5.78 Å². The smallest absolute Gasteiger partial charge is 0.283 e. The molecule has 2 saturated carbocycles. The summed E-state index contributed by atoms with van der Waals surface area (Å²) < 4.78 is 0. The second-order valence-electron chi connectivity index (χ2n) is 9.65. The predicted octanol–water partition coefficient (Wildman–Crippen LogP) is 5.49. The Balaban J connectivity index is 1.63. The number of nitrogens with zero attached hydrogens (tertiary/aromatic N) is 1. The van der Waals surface area contributed by atoms with Crippen molar-refractivity contribution < 1.29 is 14.5 Å². The Bertz CT molecular complexity index is 1110. The Kier molecular flexibility index (Phi) is 5.65. The molecule has 7 heteroatoms. The molecular weight excluding hydrogens is 424 g/mol. The largest absolute Gasteiger partial charge is 0.349 e. The molecule has 2 fully saturated rings. The molecule has 2 aromatic carbocycles. The number of ketones is 1. The van der Waals surface area contributed by atoms with Crippen LogP contribution < -0.4 is 5.32 Å². The number of carbonyl (C=O) groups excluding carboxylic acids is 2. The summed E-state index contributed by atoms with van der Waals surface area (Å²) in [6, 6.07) is 11.2. The van der Waals surface area contributed by atoms with Gasteiger partial charge in [-0.1, -0.05) is 39.0 Å². The van der Waals surface area contributed by atoms with Gasteiger partial charge in [0.05, 0.1) is 15.4 Å². The number of carbonyl (C=O) groups is 2. The van der Waals surface area contributed by atoms with Crippen LogP contribution in [-0.4, -0.2) is 28.9 Å². The number of hydrogen-bond acceptors (Lipinski definition) is 5. The molecule has 3 atom stereocenters. The zero-order chi connectivity index (χ0) is 23.3. The summed E-state index contributed by atoms with van der Waals surface area (Å²) in [5.41, 5.74) is 0.839. The molecular formula is C25H28N2O4S. The maximum Gasteiger partial charge on any atom is 0.283 e. The van der Waals surface area contributed by atoms with E-state index >= 15 is 0 Å². The van der Waals surface area contributed by atoms with Gasteiger partial charge in [-0.2, -0.15) is 0 Å². The van der Waals surface area contributed by atoms with E-state index in [1.807, 2.05) is 0 Å². The molecule has 0 heterocycles. The van der Waals surface area contributed by atoms with Crippen molar-refractivity contribution >= 4 is 29.1 Å². The molecule has 0 unspecified atom stereocenters. The van der Waals surface area contributed by atoms with Gasteiger partial charge in [0, 0.05) is 23.2 Å². The first-order valence-corrected chi connectivity index (χ1v) is 12.1.